The monoisotopic (exact) mass is 376 g/mol. The van der Waals surface area contributed by atoms with Crippen LogP contribution < -0.4 is 11.1 Å². The van der Waals surface area contributed by atoms with Crippen LogP contribution in [0.4, 0.5) is 10.1 Å². The van der Waals surface area contributed by atoms with Crippen molar-refractivity contribution in [1.29, 1.82) is 0 Å². The number of anilines is 1. The fraction of sp³-hybridized carbons (Fsp3) is 0.600. The first-order valence-electron chi connectivity index (χ1n) is 9.78. The van der Waals surface area contributed by atoms with Gasteiger partial charge in [0.2, 0.25) is 11.8 Å². The van der Waals surface area contributed by atoms with E-state index in [1.165, 1.54) is 12.1 Å². The lowest BCUT2D eigenvalue weighted by Gasteiger charge is -2.42. The molecular weight excluding hydrogens is 347 g/mol. The minimum atomic E-state index is -0.708. The van der Waals surface area contributed by atoms with Crippen molar-refractivity contribution in [1.82, 2.24) is 9.80 Å². The Morgan fingerprint density at radius 3 is 2.44 bits per heavy atom. The molecule has 0 spiro atoms. The van der Waals surface area contributed by atoms with Gasteiger partial charge in [-0.25, -0.2) is 4.39 Å². The van der Waals surface area contributed by atoms with Gasteiger partial charge < -0.3 is 16.0 Å². The average Bonchev–Trinajstić information content (AvgIpc) is 2.67. The summed E-state index contributed by atoms with van der Waals surface area (Å²) in [5.41, 5.74) is 6.11. The number of carbonyl (C=O) groups is 2. The number of nitrogens with zero attached hydrogens (tertiary/aromatic N) is 2. The summed E-state index contributed by atoms with van der Waals surface area (Å²) >= 11 is 0. The molecule has 148 valence electrons. The van der Waals surface area contributed by atoms with E-state index < -0.39 is 5.54 Å². The summed E-state index contributed by atoms with van der Waals surface area (Å²) in [6, 6.07) is 5.51. The molecule has 1 heterocycles. The molecule has 1 atom stereocenters. The molecule has 1 aliphatic heterocycles. The maximum absolute atomic E-state index is 13.3. The predicted molar refractivity (Wildman–Crippen MR) is 103 cm³/mol. The van der Waals surface area contributed by atoms with Gasteiger partial charge in [-0.05, 0) is 38.0 Å². The van der Waals surface area contributed by atoms with E-state index in [2.05, 4.69) is 5.32 Å². The van der Waals surface area contributed by atoms with Gasteiger partial charge in [0.25, 0.3) is 0 Å². The second-order valence-corrected chi connectivity index (χ2v) is 7.72. The quantitative estimate of drug-likeness (QED) is 0.842. The highest BCUT2D eigenvalue weighted by molar-refractivity contribution is 5.94. The Kier molecular flexibility index (Phi) is 6.11. The highest BCUT2D eigenvalue weighted by atomic mass is 19.1. The standard InChI is InChI=1S/C20H29FN4O2/c1-15(18(26)23-17-7-5-6-16(21)14-17)24-10-12-25(13-11-24)19(27)20(22)8-3-2-4-9-20/h5-7,14-15H,2-4,8-13,22H2,1H3,(H,23,26). The molecule has 1 aliphatic carbocycles. The summed E-state index contributed by atoms with van der Waals surface area (Å²) in [6.07, 6.45) is 4.70. The Hall–Kier alpha value is -1.99. The normalized spacial score (nSPS) is 21.5. The first kappa shape index (κ1) is 19.8. The zero-order valence-corrected chi connectivity index (χ0v) is 15.9. The Morgan fingerprint density at radius 2 is 1.81 bits per heavy atom. The van der Waals surface area contributed by atoms with Crippen LogP contribution in [0, 0.1) is 5.82 Å². The fourth-order valence-electron chi connectivity index (χ4n) is 4.00. The number of amides is 2. The Labute approximate surface area is 159 Å². The zero-order valence-electron chi connectivity index (χ0n) is 15.9. The molecule has 3 N–H and O–H groups in total. The molecule has 27 heavy (non-hydrogen) atoms. The molecule has 2 amide bonds. The summed E-state index contributed by atoms with van der Waals surface area (Å²) < 4.78 is 13.3. The van der Waals surface area contributed by atoms with Crippen molar-refractivity contribution in [2.24, 2.45) is 5.73 Å². The number of benzene rings is 1. The summed E-state index contributed by atoms with van der Waals surface area (Å²) in [5.74, 6) is -0.507. The maximum atomic E-state index is 13.3. The van der Waals surface area contributed by atoms with Gasteiger partial charge >= 0.3 is 0 Å². The maximum Gasteiger partial charge on any atom is 0.242 e. The third kappa shape index (κ3) is 4.65. The molecular formula is C20H29FN4O2. The Balaban J connectivity index is 1.52. The average molecular weight is 376 g/mol. The molecule has 0 aromatic heterocycles. The molecule has 3 rings (SSSR count). The minimum Gasteiger partial charge on any atom is -0.339 e. The van der Waals surface area contributed by atoms with Crippen molar-refractivity contribution >= 4 is 17.5 Å². The van der Waals surface area contributed by atoms with Crippen LogP contribution in [0.5, 0.6) is 0 Å². The Morgan fingerprint density at radius 1 is 1.15 bits per heavy atom. The van der Waals surface area contributed by atoms with E-state index in [1.54, 1.807) is 12.1 Å². The molecule has 6 nitrogen and oxygen atoms in total. The summed E-state index contributed by atoms with van der Waals surface area (Å²) in [7, 11) is 0. The van der Waals surface area contributed by atoms with Crippen LogP contribution in [0.3, 0.4) is 0 Å². The predicted octanol–water partition coefficient (Wildman–Crippen LogP) is 1.96. The number of halogens is 1. The summed E-state index contributed by atoms with van der Waals surface area (Å²) in [5, 5.41) is 2.75. The number of hydrogen-bond acceptors (Lipinski definition) is 4. The van der Waals surface area contributed by atoms with Crippen molar-refractivity contribution in [3.8, 4) is 0 Å². The van der Waals surface area contributed by atoms with Gasteiger partial charge in [0, 0.05) is 31.9 Å². The van der Waals surface area contributed by atoms with Crippen LogP contribution in [0.25, 0.3) is 0 Å². The lowest BCUT2D eigenvalue weighted by Crippen LogP contribution is -2.61. The SMILES string of the molecule is CC(C(=O)Nc1cccc(F)c1)N1CCN(C(=O)C2(N)CCCCC2)CC1. The van der Waals surface area contributed by atoms with Crippen molar-refractivity contribution in [2.75, 3.05) is 31.5 Å². The molecule has 1 aromatic carbocycles. The second kappa shape index (κ2) is 8.35. The molecule has 2 fully saturated rings. The van der Waals surface area contributed by atoms with Crippen molar-refractivity contribution in [3.05, 3.63) is 30.1 Å². The van der Waals surface area contributed by atoms with E-state index in [0.29, 0.717) is 31.9 Å². The molecule has 1 aromatic rings. The van der Waals surface area contributed by atoms with E-state index in [1.807, 2.05) is 16.7 Å². The van der Waals surface area contributed by atoms with Gasteiger partial charge in [0.15, 0.2) is 0 Å². The number of nitrogens with two attached hydrogens (primary N) is 1. The number of rotatable bonds is 4. The Bertz CT molecular complexity index is 682. The third-order valence-corrected chi connectivity index (χ3v) is 5.79. The van der Waals surface area contributed by atoms with Gasteiger partial charge in [-0.1, -0.05) is 25.3 Å². The minimum absolute atomic E-state index is 0.0544. The van der Waals surface area contributed by atoms with E-state index in [4.69, 9.17) is 5.73 Å². The van der Waals surface area contributed by atoms with Crippen LogP contribution in [0.15, 0.2) is 24.3 Å². The molecule has 1 saturated carbocycles. The van der Waals surface area contributed by atoms with E-state index in [0.717, 1.165) is 32.1 Å². The van der Waals surface area contributed by atoms with Gasteiger partial charge in [0.05, 0.1) is 11.6 Å². The van der Waals surface area contributed by atoms with Gasteiger partial charge in [-0.3, -0.25) is 14.5 Å². The zero-order chi connectivity index (χ0) is 19.4. The summed E-state index contributed by atoms with van der Waals surface area (Å²) in [4.78, 5) is 29.2. The first-order chi connectivity index (χ1) is 12.9. The van der Waals surface area contributed by atoms with Crippen LogP contribution in [-0.4, -0.2) is 59.4 Å². The molecule has 2 aliphatic rings. The van der Waals surface area contributed by atoms with Gasteiger partial charge in [-0.2, -0.15) is 0 Å². The summed E-state index contributed by atoms with van der Waals surface area (Å²) in [6.45, 7) is 4.24. The van der Waals surface area contributed by atoms with Crippen molar-refractivity contribution in [3.63, 3.8) is 0 Å². The number of piperazine rings is 1. The van der Waals surface area contributed by atoms with Crippen LogP contribution in [-0.2, 0) is 9.59 Å². The smallest absolute Gasteiger partial charge is 0.242 e. The lowest BCUT2D eigenvalue weighted by molar-refractivity contribution is -0.140. The highest BCUT2D eigenvalue weighted by Gasteiger charge is 2.39. The van der Waals surface area contributed by atoms with Gasteiger partial charge in [0.1, 0.15) is 5.82 Å². The first-order valence-corrected chi connectivity index (χ1v) is 9.78. The van der Waals surface area contributed by atoms with Gasteiger partial charge in [-0.15, -0.1) is 0 Å². The fourth-order valence-corrected chi connectivity index (χ4v) is 4.00. The highest BCUT2D eigenvalue weighted by Crippen LogP contribution is 2.28. The van der Waals surface area contributed by atoms with Crippen LogP contribution in [0.2, 0.25) is 0 Å². The number of hydrogen-bond donors (Lipinski definition) is 2. The molecule has 0 bridgehead atoms. The van der Waals surface area contributed by atoms with E-state index >= 15 is 0 Å². The second-order valence-electron chi connectivity index (χ2n) is 7.72. The lowest BCUT2D eigenvalue weighted by atomic mass is 9.81. The van der Waals surface area contributed by atoms with E-state index in [9.17, 15) is 14.0 Å². The largest absolute Gasteiger partial charge is 0.339 e. The topological polar surface area (TPSA) is 78.7 Å². The third-order valence-electron chi connectivity index (χ3n) is 5.79. The molecule has 0 radical (unpaired) electrons. The van der Waals surface area contributed by atoms with Crippen LogP contribution >= 0.6 is 0 Å². The van der Waals surface area contributed by atoms with E-state index in [-0.39, 0.29) is 23.7 Å². The molecule has 1 saturated heterocycles. The van der Waals surface area contributed by atoms with Crippen molar-refractivity contribution in [2.45, 2.75) is 50.6 Å². The number of carbonyl (C=O) groups excluding carboxylic acids is 2. The number of nitrogens with one attached hydrogen (secondary N) is 1. The van der Waals surface area contributed by atoms with Crippen LogP contribution in [0.1, 0.15) is 39.0 Å². The molecule has 7 heteroatoms. The molecule has 1 unspecified atom stereocenters. The van der Waals surface area contributed by atoms with Crippen molar-refractivity contribution < 1.29 is 14.0 Å².